The first kappa shape index (κ1) is 20.8. The van der Waals surface area contributed by atoms with Crippen molar-refractivity contribution in [1.82, 2.24) is 20.4 Å². The number of carbonyl (C=O) groups excluding carboxylic acids is 2. The summed E-state index contributed by atoms with van der Waals surface area (Å²) < 4.78 is 0. The molecule has 130 valence electrons. The first-order valence-corrected chi connectivity index (χ1v) is 7.51. The van der Waals surface area contributed by atoms with Crippen molar-refractivity contribution < 1.29 is 14.7 Å². The summed E-state index contributed by atoms with van der Waals surface area (Å²) in [5.74, 6) is -0.533. The highest BCUT2D eigenvalue weighted by Gasteiger charge is 2.32. The number of carbonyl (C=O) groups is 2. The smallest absolute Gasteiger partial charge is 0.242 e. The number of rotatable bonds is 8. The highest BCUT2D eigenvalue weighted by atomic mass is 16.3. The van der Waals surface area contributed by atoms with Gasteiger partial charge in [-0.15, -0.1) is 0 Å². The molecule has 0 fully saturated rings. The first-order valence-electron chi connectivity index (χ1n) is 7.51. The van der Waals surface area contributed by atoms with Crippen molar-refractivity contribution in [3.63, 3.8) is 0 Å². The fourth-order valence-corrected chi connectivity index (χ4v) is 1.62. The summed E-state index contributed by atoms with van der Waals surface area (Å²) in [6, 6.07) is -1.06. The van der Waals surface area contributed by atoms with Gasteiger partial charge in [-0.05, 0) is 55.9 Å². The highest BCUT2D eigenvalue weighted by molar-refractivity contribution is 5.91. The summed E-state index contributed by atoms with van der Waals surface area (Å²) in [6.07, 6.45) is -0.667. The van der Waals surface area contributed by atoms with Gasteiger partial charge in [-0.25, -0.2) is 0 Å². The van der Waals surface area contributed by atoms with Gasteiger partial charge in [-0.3, -0.25) is 14.5 Å². The maximum absolute atomic E-state index is 12.2. The lowest BCUT2D eigenvalue weighted by Crippen LogP contribution is -2.57. The van der Waals surface area contributed by atoms with Gasteiger partial charge in [0.2, 0.25) is 11.8 Å². The molecule has 22 heavy (non-hydrogen) atoms. The zero-order chi connectivity index (χ0) is 17.7. The lowest BCUT2D eigenvalue weighted by molar-refractivity contribution is -0.134. The van der Waals surface area contributed by atoms with Gasteiger partial charge in [0.25, 0.3) is 0 Å². The Hall–Kier alpha value is -1.18. The Bertz CT molecular complexity index is 383. The van der Waals surface area contributed by atoms with Gasteiger partial charge in [0.05, 0.1) is 17.7 Å². The molecule has 0 bridgehead atoms. The number of aliphatic hydroxyl groups excluding tert-OH is 1. The van der Waals surface area contributed by atoms with Crippen LogP contribution >= 0.6 is 0 Å². The molecule has 0 heterocycles. The molecule has 7 heteroatoms. The van der Waals surface area contributed by atoms with Crippen molar-refractivity contribution in [1.29, 1.82) is 0 Å². The molecule has 0 rings (SSSR count). The van der Waals surface area contributed by atoms with Crippen LogP contribution in [-0.4, -0.2) is 85.2 Å². The molecule has 3 N–H and O–H groups in total. The predicted molar refractivity (Wildman–Crippen MR) is 87.5 cm³/mol. The predicted octanol–water partition coefficient (Wildman–Crippen LogP) is -0.741. The minimum absolute atomic E-state index is 0.221. The lowest BCUT2D eigenvalue weighted by atomic mass is 10.0. The Kier molecular flexibility index (Phi) is 8.00. The van der Waals surface area contributed by atoms with Crippen molar-refractivity contribution in [3.8, 4) is 0 Å². The van der Waals surface area contributed by atoms with E-state index in [1.165, 1.54) is 0 Å². The minimum Gasteiger partial charge on any atom is -0.390 e. The van der Waals surface area contributed by atoms with Crippen LogP contribution in [0.25, 0.3) is 0 Å². The molecular formula is C15H32N4O3. The third-order valence-electron chi connectivity index (χ3n) is 3.91. The van der Waals surface area contributed by atoms with Gasteiger partial charge in [0.15, 0.2) is 0 Å². The maximum Gasteiger partial charge on any atom is 0.242 e. The molecule has 2 amide bonds. The number of hydrogen-bond acceptors (Lipinski definition) is 5. The van der Waals surface area contributed by atoms with E-state index in [-0.39, 0.29) is 11.8 Å². The fourth-order valence-electron chi connectivity index (χ4n) is 1.62. The van der Waals surface area contributed by atoms with E-state index in [0.29, 0.717) is 6.54 Å². The van der Waals surface area contributed by atoms with Gasteiger partial charge in [0.1, 0.15) is 6.04 Å². The van der Waals surface area contributed by atoms with Crippen molar-refractivity contribution in [2.75, 3.05) is 34.7 Å². The van der Waals surface area contributed by atoms with Gasteiger partial charge in [-0.1, -0.05) is 0 Å². The molecule has 3 unspecified atom stereocenters. The van der Waals surface area contributed by atoms with Crippen LogP contribution in [0.2, 0.25) is 0 Å². The Labute approximate surface area is 134 Å². The second-order valence-corrected chi connectivity index (χ2v) is 6.78. The van der Waals surface area contributed by atoms with Crippen molar-refractivity contribution in [3.05, 3.63) is 0 Å². The maximum atomic E-state index is 12.2. The van der Waals surface area contributed by atoms with Crippen LogP contribution in [-0.2, 0) is 9.59 Å². The molecule has 0 saturated carbocycles. The molecule has 0 aliphatic carbocycles. The van der Waals surface area contributed by atoms with E-state index < -0.39 is 23.7 Å². The van der Waals surface area contributed by atoms with Crippen LogP contribution in [0.1, 0.15) is 27.7 Å². The van der Waals surface area contributed by atoms with Gasteiger partial charge >= 0.3 is 0 Å². The van der Waals surface area contributed by atoms with Crippen molar-refractivity contribution in [2.24, 2.45) is 0 Å². The molecule has 0 aromatic heterocycles. The molecule has 3 atom stereocenters. The van der Waals surface area contributed by atoms with E-state index in [4.69, 9.17) is 0 Å². The zero-order valence-corrected chi connectivity index (χ0v) is 15.1. The quantitative estimate of drug-likeness (QED) is 0.549. The average Bonchev–Trinajstić information content (AvgIpc) is 2.36. The lowest BCUT2D eigenvalue weighted by Gasteiger charge is -2.32. The topological polar surface area (TPSA) is 84.9 Å². The van der Waals surface area contributed by atoms with E-state index in [0.717, 1.165) is 0 Å². The average molecular weight is 316 g/mol. The summed E-state index contributed by atoms with van der Waals surface area (Å²) in [5.41, 5.74) is -0.704. The largest absolute Gasteiger partial charge is 0.390 e. The van der Waals surface area contributed by atoms with Crippen molar-refractivity contribution in [2.45, 2.75) is 51.4 Å². The van der Waals surface area contributed by atoms with E-state index in [1.54, 1.807) is 32.6 Å². The minimum atomic E-state index is -0.704. The number of likely N-dealkylation sites (N-methyl/N-ethyl adjacent to an activating group) is 2. The fraction of sp³-hybridized carbons (Fsp3) is 0.867. The Balaban J connectivity index is 4.53. The number of nitrogens with zero attached hydrogens (tertiary/aromatic N) is 2. The van der Waals surface area contributed by atoms with Gasteiger partial charge in [0, 0.05) is 6.54 Å². The normalized spacial score (nSPS) is 16.3. The van der Waals surface area contributed by atoms with Crippen LogP contribution in [0.15, 0.2) is 0 Å². The second-order valence-electron chi connectivity index (χ2n) is 6.78. The monoisotopic (exact) mass is 316 g/mol. The molecule has 0 saturated heterocycles. The third-order valence-corrected chi connectivity index (χ3v) is 3.91. The van der Waals surface area contributed by atoms with E-state index in [9.17, 15) is 14.7 Å². The number of nitrogens with one attached hydrogen (secondary N) is 2. The molecule has 0 radical (unpaired) electrons. The highest BCUT2D eigenvalue weighted by Crippen LogP contribution is 2.10. The Morgan fingerprint density at radius 3 is 2.00 bits per heavy atom. The summed E-state index contributed by atoms with van der Waals surface area (Å²) in [5, 5.41) is 15.4. The molecule has 0 aromatic rings. The summed E-state index contributed by atoms with van der Waals surface area (Å²) in [4.78, 5) is 27.9. The molecule has 0 aliphatic heterocycles. The zero-order valence-electron chi connectivity index (χ0n) is 15.1. The Morgan fingerprint density at radius 2 is 1.59 bits per heavy atom. The molecule has 0 aromatic carbocycles. The second kappa shape index (κ2) is 8.45. The van der Waals surface area contributed by atoms with E-state index in [2.05, 4.69) is 10.6 Å². The standard InChI is InChI=1S/C15H32N4O3/c1-10(12(20)9-18(5)6)16-13(21)11(2)17-14(22)15(3,4)19(7)8/h10-12,20H,9H2,1-8H3,(H,16,21)(H,17,22). The van der Waals surface area contributed by atoms with Gasteiger partial charge < -0.3 is 20.6 Å². The number of hydrogen-bond donors (Lipinski definition) is 3. The van der Waals surface area contributed by atoms with Crippen LogP contribution in [0.5, 0.6) is 0 Å². The molecule has 7 nitrogen and oxygen atoms in total. The molecule has 0 spiro atoms. The van der Waals surface area contributed by atoms with Crippen LogP contribution in [0.3, 0.4) is 0 Å². The van der Waals surface area contributed by atoms with Crippen LogP contribution in [0, 0.1) is 0 Å². The third kappa shape index (κ3) is 6.29. The summed E-state index contributed by atoms with van der Waals surface area (Å²) in [6.45, 7) is 7.40. The van der Waals surface area contributed by atoms with Gasteiger partial charge in [-0.2, -0.15) is 0 Å². The van der Waals surface area contributed by atoms with Crippen LogP contribution in [0.4, 0.5) is 0 Å². The summed E-state index contributed by atoms with van der Waals surface area (Å²) >= 11 is 0. The molecule has 0 aliphatic rings. The van der Waals surface area contributed by atoms with Crippen LogP contribution < -0.4 is 10.6 Å². The Morgan fingerprint density at radius 1 is 1.09 bits per heavy atom. The van der Waals surface area contributed by atoms with Crippen molar-refractivity contribution >= 4 is 11.8 Å². The SMILES string of the molecule is CC(NC(=O)C(C)(C)N(C)C)C(=O)NC(C)C(O)CN(C)C. The number of amides is 2. The molecular weight excluding hydrogens is 284 g/mol. The van der Waals surface area contributed by atoms with E-state index >= 15 is 0 Å². The summed E-state index contributed by atoms with van der Waals surface area (Å²) in [7, 11) is 7.32. The number of aliphatic hydroxyl groups is 1. The van der Waals surface area contributed by atoms with E-state index in [1.807, 2.05) is 33.1 Å². The first-order chi connectivity index (χ1) is 9.89.